The molecule has 0 atom stereocenters. The van der Waals surface area contributed by atoms with Crippen LogP contribution in [-0.4, -0.2) is 20.4 Å². The number of rotatable bonds is 12. The summed E-state index contributed by atoms with van der Waals surface area (Å²) < 4.78 is 84.0. The predicted molar refractivity (Wildman–Crippen MR) is 535 cm³/mol. The monoisotopic (exact) mass is 1620 g/mol. The number of aromatic nitrogens is 3. The van der Waals surface area contributed by atoms with Crippen LogP contribution in [0.3, 0.4) is 0 Å². The van der Waals surface area contributed by atoms with Gasteiger partial charge in [0.15, 0.2) is 0 Å². The molecule has 604 valence electrons. The smallest absolute Gasteiger partial charge is 0.252 e. The molecule has 0 N–H and O–H groups in total. The molecule has 0 amide bonds. The van der Waals surface area contributed by atoms with Gasteiger partial charge in [-0.3, -0.25) is 0 Å². The first-order valence-corrected chi connectivity index (χ1v) is 43.6. The highest BCUT2D eigenvalue weighted by Crippen LogP contribution is 2.57. The Balaban J connectivity index is 0.952. The molecule has 2 aliphatic rings. The third-order valence-electron chi connectivity index (χ3n) is 26.0. The predicted octanol–water partition coefficient (Wildman–Crippen LogP) is 30.4. The Hall–Kier alpha value is -14.4. The van der Waals surface area contributed by atoms with Crippen molar-refractivity contribution in [3.63, 3.8) is 0 Å². The van der Waals surface area contributed by atoms with Crippen molar-refractivity contribution >= 4 is 140 Å². The zero-order valence-corrected chi connectivity index (χ0v) is 72.5. The first-order valence-electron chi connectivity index (χ1n) is 47.6. The lowest BCUT2D eigenvalue weighted by Crippen LogP contribution is -2.61. The molecule has 0 radical (unpaired) electrons. The lowest BCUT2D eigenvalue weighted by Gasteiger charge is -2.46. The fraction of sp³-hybridized carbons (Fsp3) is 0.136. The summed E-state index contributed by atoms with van der Waals surface area (Å²) in [7, 11) is 0. The van der Waals surface area contributed by atoms with Gasteiger partial charge in [-0.15, -0.1) is 0 Å². The molecule has 7 heteroatoms. The van der Waals surface area contributed by atoms with Gasteiger partial charge in [0.25, 0.3) is 6.71 Å². The fourth-order valence-corrected chi connectivity index (χ4v) is 19.7. The van der Waals surface area contributed by atoms with Crippen LogP contribution in [0.1, 0.15) is 116 Å². The van der Waals surface area contributed by atoms with Crippen LogP contribution in [0.2, 0.25) is 0 Å². The maximum Gasteiger partial charge on any atom is 0.252 e. The van der Waals surface area contributed by atoms with Gasteiger partial charge in [-0.1, -0.05) is 320 Å². The zero-order chi connectivity index (χ0) is 92.1. The van der Waals surface area contributed by atoms with Crippen molar-refractivity contribution in [1.29, 1.82) is 0 Å². The minimum absolute atomic E-state index is 0.00767. The lowest BCUT2D eigenvalue weighted by atomic mass is 9.33. The van der Waals surface area contributed by atoms with Gasteiger partial charge in [-0.05, 0) is 228 Å². The highest BCUT2D eigenvalue weighted by molar-refractivity contribution is 7.00. The molecule has 17 aromatic carbocycles. The van der Waals surface area contributed by atoms with Crippen molar-refractivity contribution in [2.24, 2.45) is 0 Å². The molecule has 0 saturated carbocycles. The molecule has 6 nitrogen and oxygen atoms in total. The molecular weight excluding hydrogens is 1510 g/mol. The van der Waals surface area contributed by atoms with Gasteiger partial charge in [0, 0.05) is 106 Å². The maximum absolute atomic E-state index is 10.1. The second-order valence-corrected chi connectivity index (χ2v) is 37.9. The van der Waals surface area contributed by atoms with Gasteiger partial charge in [0.1, 0.15) is 0 Å². The van der Waals surface area contributed by atoms with Crippen molar-refractivity contribution < 1.29 is 11.0 Å². The third-order valence-corrected chi connectivity index (χ3v) is 26.0. The SMILES string of the molecule is [2H]c1c([2H])c([2H])c2c(c1[2H])c1c([2H])c([2H])c([2H])c([2H])c1n2-c1ccc2c(c1)N(c1c(-c3ccccc3)cc(C(C)(C)C)cc1-c1ccccc1)c1cc(N(c3ccccc3)c3ccc(-n4c5ccccc5c5ccccc54)cc3)cc3c1B2c1ccc(-n2c4ccc(C(C)(C)C)cc4c4cc(C(C)(C)C)ccc42)cc1N3c1c(-c2ccccc2)cc(C(C)(C)C)cc1-c1ccccc1. The van der Waals surface area contributed by atoms with Crippen molar-refractivity contribution in [1.82, 2.24) is 13.7 Å². The van der Waals surface area contributed by atoms with E-state index < -0.39 is 48.4 Å². The highest BCUT2D eigenvalue weighted by atomic mass is 15.2. The Bertz CT molecular complexity index is 7880. The number of nitrogens with zero attached hydrogens (tertiary/aromatic N) is 6. The van der Waals surface area contributed by atoms with E-state index in [4.69, 9.17) is 0 Å². The zero-order valence-electron chi connectivity index (χ0n) is 80.5. The molecule has 20 aromatic rings. The molecule has 0 saturated heterocycles. The molecule has 0 aliphatic carbocycles. The van der Waals surface area contributed by atoms with Crippen LogP contribution >= 0.6 is 0 Å². The molecule has 0 bridgehead atoms. The first-order chi connectivity index (χ1) is 63.9. The van der Waals surface area contributed by atoms with Crippen LogP contribution in [0.5, 0.6) is 0 Å². The quantitative estimate of drug-likeness (QED) is 0.114. The van der Waals surface area contributed by atoms with Gasteiger partial charge in [-0.25, -0.2) is 0 Å². The van der Waals surface area contributed by atoms with E-state index in [9.17, 15) is 11.0 Å². The van der Waals surface area contributed by atoms with Crippen LogP contribution in [0.15, 0.2) is 382 Å². The second kappa shape index (κ2) is 29.1. The molecule has 5 heterocycles. The number of fused-ring (bicyclic) bond motifs is 13. The van der Waals surface area contributed by atoms with Gasteiger partial charge in [0.05, 0.1) is 61.1 Å². The van der Waals surface area contributed by atoms with E-state index in [0.29, 0.717) is 11.4 Å². The largest absolute Gasteiger partial charge is 0.310 e. The Labute approximate surface area is 745 Å². The van der Waals surface area contributed by atoms with Crippen molar-refractivity contribution in [3.8, 4) is 61.6 Å². The number of anilines is 9. The molecule has 0 fully saturated rings. The third kappa shape index (κ3) is 12.7. The van der Waals surface area contributed by atoms with Crippen molar-refractivity contribution in [2.75, 3.05) is 14.7 Å². The van der Waals surface area contributed by atoms with Crippen LogP contribution < -0.4 is 31.1 Å². The molecule has 22 rings (SSSR count). The summed E-state index contributed by atoms with van der Waals surface area (Å²) in [6, 6.07) is 119. The first kappa shape index (κ1) is 68.2. The van der Waals surface area contributed by atoms with Crippen molar-refractivity contribution in [2.45, 2.75) is 105 Å². The lowest BCUT2D eigenvalue weighted by molar-refractivity contribution is 0.590. The second-order valence-electron chi connectivity index (χ2n) is 37.9. The maximum atomic E-state index is 10.1. The summed E-state index contributed by atoms with van der Waals surface area (Å²) in [5.41, 5.74) is 29.0. The van der Waals surface area contributed by atoms with Crippen LogP contribution in [-0.2, 0) is 21.7 Å². The van der Waals surface area contributed by atoms with E-state index in [-0.39, 0.29) is 50.1 Å². The Kier molecular flexibility index (Phi) is 15.9. The summed E-state index contributed by atoms with van der Waals surface area (Å²) in [6.45, 7) is 26.9. The van der Waals surface area contributed by atoms with E-state index >= 15 is 0 Å². The standard InChI is InChI=1S/C118H99BN6/c1-115(2,3)80-54-64-106-98(66-80)99-67-81(116(4,5)6)55-65-107(99)123(106)88-61-63-101-109(73-88)125(114-96(78-40-22-15-23-41-78)70-83(118(10,11)12)71-97(114)79-42-24-16-25-43-79)111-75-89(120(84-44-26-17-27-45-84)85-56-58-86(59-57-85)121-102-50-32-28-46-90(102)91-47-29-33-51-103(91)121)74-110-112(111)119(101)100-62-60-87(122-104-52-34-30-48-92(104)93-49-31-35-53-105(93)122)72-108(100)124(110)113-94(76-36-18-13-19-37-76)68-82(117(7,8)9)69-95(113)77-38-20-14-21-39-77/h13-75H,1-12H3/i30D,31D,34D,35D,48D,49D,52D,53D. The molecule has 2 aliphatic heterocycles. The van der Waals surface area contributed by atoms with Crippen molar-refractivity contribution in [3.05, 3.63) is 404 Å². The molecular formula is C118H99BN6. The van der Waals surface area contributed by atoms with Crippen LogP contribution in [0.4, 0.5) is 51.2 Å². The Morgan fingerprint density at radius 2 is 0.576 bits per heavy atom. The number of para-hydroxylation sites is 5. The van der Waals surface area contributed by atoms with Gasteiger partial charge in [-0.2, -0.15) is 0 Å². The molecule has 0 unspecified atom stereocenters. The van der Waals surface area contributed by atoms with E-state index in [1.165, 1.54) is 21.9 Å². The summed E-state index contributed by atoms with van der Waals surface area (Å²) in [6.07, 6.45) is 0. The Morgan fingerprint density at radius 3 is 0.968 bits per heavy atom. The summed E-state index contributed by atoms with van der Waals surface area (Å²) in [5.74, 6) is 0. The van der Waals surface area contributed by atoms with E-state index in [0.717, 1.165) is 162 Å². The number of hydrogen-bond donors (Lipinski definition) is 0. The van der Waals surface area contributed by atoms with Crippen LogP contribution in [0.25, 0.3) is 127 Å². The fourth-order valence-electron chi connectivity index (χ4n) is 19.7. The molecule has 0 spiro atoms. The Morgan fingerprint density at radius 1 is 0.248 bits per heavy atom. The summed E-state index contributed by atoms with van der Waals surface area (Å²) >= 11 is 0. The highest BCUT2D eigenvalue weighted by Gasteiger charge is 2.47. The van der Waals surface area contributed by atoms with E-state index in [1.54, 1.807) is 4.57 Å². The number of hydrogen-bond acceptors (Lipinski definition) is 3. The normalized spacial score (nSPS) is 13.8. The van der Waals surface area contributed by atoms with E-state index in [2.05, 4.69) is 435 Å². The van der Waals surface area contributed by atoms with Gasteiger partial charge < -0.3 is 28.4 Å². The molecule has 125 heavy (non-hydrogen) atoms. The molecule has 3 aromatic heterocycles. The topological polar surface area (TPSA) is 24.5 Å². The number of benzene rings is 17. The summed E-state index contributed by atoms with van der Waals surface area (Å²) in [4.78, 5) is 7.51. The summed E-state index contributed by atoms with van der Waals surface area (Å²) in [5, 5.41) is 4.64. The van der Waals surface area contributed by atoms with Gasteiger partial charge in [0.2, 0.25) is 0 Å². The average molecular weight is 1620 g/mol. The van der Waals surface area contributed by atoms with E-state index in [1.807, 2.05) is 6.07 Å². The van der Waals surface area contributed by atoms with Gasteiger partial charge >= 0.3 is 0 Å². The minimum atomic E-state index is -0.617. The average Bonchev–Trinajstić information content (AvgIpc) is 1.66. The van der Waals surface area contributed by atoms with Crippen LogP contribution in [0, 0.1) is 0 Å². The minimum Gasteiger partial charge on any atom is -0.310 e.